The van der Waals surface area contributed by atoms with Gasteiger partial charge in [-0.15, -0.1) is 0 Å². The first-order valence-electron chi connectivity index (χ1n) is 15.6. The molecule has 0 radical (unpaired) electrons. The number of carbonyl (C=O) groups is 3. The highest BCUT2D eigenvalue weighted by molar-refractivity contribution is 6.34. The van der Waals surface area contributed by atoms with Gasteiger partial charge in [-0.3, -0.25) is 0 Å². The van der Waals surface area contributed by atoms with Gasteiger partial charge >= 0.3 is 18.3 Å². The van der Waals surface area contributed by atoms with Crippen LogP contribution < -0.4 is 11.1 Å². The number of carbonyl (C=O) groups excluding carboxylic acids is 3. The summed E-state index contributed by atoms with van der Waals surface area (Å²) in [5, 5.41) is 3.92. The molecule has 0 aromatic heterocycles. The van der Waals surface area contributed by atoms with Crippen LogP contribution in [-0.4, -0.2) is 75.5 Å². The molecule has 246 valence electrons. The lowest BCUT2D eigenvalue weighted by Gasteiger charge is -2.39. The van der Waals surface area contributed by atoms with E-state index in [4.69, 9.17) is 43.1 Å². The minimum absolute atomic E-state index is 0.0216. The average Bonchev–Trinajstić information content (AvgIpc) is 3.30. The first kappa shape index (κ1) is 34.4. The predicted octanol–water partition coefficient (Wildman–Crippen LogP) is 7.03. The molecule has 4 saturated heterocycles. The highest BCUT2D eigenvalue weighted by Crippen LogP contribution is 2.37. The SMILES string of the molecule is CC(C)(C)OC(=O)N1C2CCC1CC(N)C2.CC(C)(C)OC(=O)N1C2CCC1CC(NC(=O)OCc1cc(Cl)cc(Cl)c1)C2. The molecule has 4 fully saturated rings. The van der Waals surface area contributed by atoms with Gasteiger partial charge in [0, 0.05) is 46.3 Å². The zero-order valence-electron chi connectivity index (χ0n) is 26.7. The van der Waals surface area contributed by atoms with Crippen LogP contribution in [0.25, 0.3) is 0 Å². The van der Waals surface area contributed by atoms with Crippen molar-refractivity contribution in [3.8, 4) is 0 Å². The van der Waals surface area contributed by atoms with Gasteiger partial charge in [0.1, 0.15) is 17.8 Å². The minimum atomic E-state index is -0.515. The van der Waals surface area contributed by atoms with Gasteiger partial charge in [-0.2, -0.15) is 0 Å². The van der Waals surface area contributed by atoms with Crippen molar-refractivity contribution in [3.05, 3.63) is 33.8 Å². The van der Waals surface area contributed by atoms with Crippen LogP contribution in [-0.2, 0) is 20.8 Å². The highest BCUT2D eigenvalue weighted by atomic mass is 35.5. The van der Waals surface area contributed by atoms with Crippen molar-refractivity contribution >= 4 is 41.5 Å². The number of amides is 3. The molecule has 1 aromatic carbocycles. The second-order valence-electron chi connectivity index (χ2n) is 14.4. The quantitative estimate of drug-likeness (QED) is 0.336. The summed E-state index contributed by atoms with van der Waals surface area (Å²) < 4.78 is 16.3. The fourth-order valence-corrected chi connectivity index (χ4v) is 7.36. The molecule has 5 rings (SSSR count). The molecule has 0 spiro atoms. The van der Waals surface area contributed by atoms with Crippen molar-refractivity contribution in [2.45, 2.75) is 147 Å². The van der Waals surface area contributed by atoms with E-state index in [0.717, 1.165) is 44.1 Å². The number of nitrogens with two attached hydrogens (primary N) is 1. The van der Waals surface area contributed by atoms with E-state index in [1.807, 2.05) is 51.3 Å². The zero-order chi connectivity index (χ0) is 32.4. The van der Waals surface area contributed by atoms with E-state index < -0.39 is 17.3 Å². The number of nitrogens with zero attached hydrogens (tertiary/aromatic N) is 2. The van der Waals surface area contributed by atoms with Gasteiger partial charge in [0.2, 0.25) is 0 Å². The number of rotatable bonds is 3. The fraction of sp³-hybridized carbons (Fsp3) is 0.719. The predicted molar refractivity (Wildman–Crippen MR) is 170 cm³/mol. The fourth-order valence-electron chi connectivity index (χ4n) is 6.79. The Morgan fingerprint density at radius 3 is 1.59 bits per heavy atom. The normalized spacial score (nSPS) is 27.7. The van der Waals surface area contributed by atoms with Crippen LogP contribution in [0.1, 0.15) is 98.5 Å². The number of hydrogen-bond acceptors (Lipinski definition) is 7. The van der Waals surface area contributed by atoms with Crippen LogP contribution in [0.3, 0.4) is 0 Å². The number of alkyl carbamates (subject to hydrolysis) is 1. The lowest BCUT2D eigenvalue weighted by atomic mass is 9.98. The van der Waals surface area contributed by atoms with E-state index in [0.29, 0.717) is 35.0 Å². The summed E-state index contributed by atoms with van der Waals surface area (Å²) in [6.07, 6.45) is 6.37. The number of halogens is 2. The highest BCUT2D eigenvalue weighted by Gasteiger charge is 2.46. The Kier molecular flexibility index (Phi) is 10.9. The lowest BCUT2D eigenvalue weighted by molar-refractivity contribution is 0.00405. The molecule has 10 nitrogen and oxygen atoms in total. The summed E-state index contributed by atoms with van der Waals surface area (Å²) >= 11 is 11.9. The first-order valence-corrected chi connectivity index (χ1v) is 16.4. The molecule has 0 saturated carbocycles. The Labute approximate surface area is 271 Å². The van der Waals surface area contributed by atoms with E-state index in [-0.39, 0.29) is 43.0 Å². The number of ether oxygens (including phenoxy) is 3. The van der Waals surface area contributed by atoms with Crippen molar-refractivity contribution in [1.82, 2.24) is 15.1 Å². The van der Waals surface area contributed by atoms with Gasteiger partial charge in [0.15, 0.2) is 0 Å². The van der Waals surface area contributed by atoms with Crippen molar-refractivity contribution < 1.29 is 28.6 Å². The standard InChI is InChI=1S/C20H26Cl2N2O4.C12H22N2O2/c1-20(2,3)28-19(26)24-16-4-5-17(24)10-15(9-16)23-18(25)27-11-12-6-13(21)8-14(22)7-12;1-12(2,3)16-11(15)14-9-4-5-10(14)7-8(13)6-9/h6-8,15-17H,4-5,9-11H2,1-3H3,(H,23,25);8-10H,4-7,13H2,1-3H3. The number of nitrogens with one attached hydrogen (secondary N) is 1. The molecule has 3 amide bonds. The van der Waals surface area contributed by atoms with Crippen molar-refractivity contribution in [3.63, 3.8) is 0 Å². The maximum absolute atomic E-state index is 12.5. The van der Waals surface area contributed by atoms with Crippen LogP contribution in [0.2, 0.25) is 10.0 Å². The second kappa shape index (κ2) is 13.9. The average molecular weight is 656 g/mol. The summed E-state index contributed by atoms with van der Waals surface area (Å²) in [6, 6.07) is 6.08. The third-order valence-corrected chi connectivity index (χ3v) is 8.76. The molecule has 4 unspecified atom stereocenters. The van der Waals surface area contributed by atoms with Crippen molar-refractivity contribution in [2.75, 3.05) is 0 Å². The summed E-state index contributed by atoms with van der Waals surface area (Å²) in [6.45, 7) is 11.4. The molecule has 1 aromatic rings. The van der Waals surface area contributed by atoms with Gasteiger partial charge in [-0.1, -0.05) is 23.2 Å². The molecular weight excluding hydrogens is 607 g/mol. The lowest BCUT2D eigenvalue weighted by Crippen LogP contribution is -2.53. The zero-order valence-corrected chi connectivity index (χ0v) is 28.2. The molecule has 4 bridgehead atoms. The topological polar surface area (TPSA) is 123 Å². The van der Waals surface area contributed by atoms with E-state index in [9.17, 15) is 14.4 Å². The van der Waals surface area contributed by atoms with Gasteiger partial charge < -0.3 is 35.1 Å². The number of piperidine rings is 2. The van der Waals surface area contributed by atoms with Gasteiger partial charge in [0.25, 0.3) is 0 Å². The van der Waals surface area contributed by atoms with Crippen LogP contribution in [0.5, 0.6) is 0 Å². The smallest absolute Gasteiger partial charge is 0.410 e. The van der Waals surface area contributed by atoms with Crippen molar-refractivity contribution in [1.29, 1.82) is 0 Å². The Morgan fingerprint density at radius 2 is 1.18 bits per heavy atom. The monoisotopic (exact) mass is 654 g/mol. The van der Waals surface area contributed by atoms with Crippen LogP contribution >= 0.6 is 23.2 Å². The van der Waals surface area contributed by atoms with Gasteiger partial charge in [-0.25, -0.2) is 14.4 Å². The molecule has 4 aliphatic rings. The molecule has 4 atom stereocenters. The van der Waals surface area contributed by atoms with Crippen LogP contribution in [0, 0.1) is 0 Å². The Morgan fingerprint density at radius 1 is 0.773 bits per heavy atom. The molecule has 4 aliphatic heterocycles. The maximum atomic E-state index is 12.5. The second-order valence-corrected chi connectivity index (χ2v) is 15.3. The van der Waals surface area contributed by atoms with Crippen molar-refractivity contribution in [2.24, 2.45) is 5.73 Å². The maximum Gasteiger partial charge on any atom is 0.410 e. The third kappa shape index (κ3) is 9.54. The van der Waals surface area contributed by atoms with Gasteiger partial charge in [0.05, 0.1) is 0 Å². The molecular formula is C32H48Cl2N4O6. The molecule has 3 N–H and O–H groups in total. The first-order chi connectivity index (χ1) is 20.5. The number of fused-ring (bicyclic) bond motifs is 4. The summed E-state index contributed by atoms with van der Waals surface area (Å²) in [7, 11) is 0. The Bertz CT molecular complexity index is 1150. The van der Waals surface area contributed by atoms with Crippen LogP contribution in [0.15, 0.2) is 18.2 Å². The number of benzene rings is 1. The van der Waals surface area contributed by atoms with E-state index in [1.165, 1.54) is 0 Å². The van der Waals surface area contributed by atoms with E-state index in [2.05, 4.69) is 5.32 Å². The van der Waals surface area contributed by atoms with Gasteiger partial charge in [-0.05, 0) is 117 Å². The minimum Gasteiger partial charge on any atom is -0.445 e. The Hall–Kier alpha value is -2.43. The molecule has 12 heteroatoms. The summed E-state index contributed by atoms with van der Waals surface area (Å²) in [5.74, 6) is 0. The molecule has 44 heavy (non-hydrogen) atoms. The molecule has 4 heterocycles. The molecule has 0 aliphatic carbocycles. The van der Waals surface area contributed by atoms with E-state index in [1.54, 1.807) is 18.2 Å². The largest absolute Gasteiger partial charge is 0.445 e. The summed E-state index contributed by atoms with van der Waals surface area (Å²) in [5.41, 5.74) is 5.77. The number of hydrogen-bond donors (Lipinski definition) is 2. The summed E-state index contributed by atoms with van der Waals surface area (Å²) in [4.78, 5) is 40.5. The van der Waals surface area contributed by atoms with Crippen LogP contribution in [0.4, 0.5) is 14.4 Å². The third-order valence-electron chi connectivity index (χ3n) is 8.33. The Balaban J connectivity index is 0.000000233. The van der Waals surface area contributed by atoms with E-state index >= 15 is 0 Å².